The first-order chi connectivity index (χ1) is 10.7. The molecule has 0 aliphatic heterocycles. The van der Waals surface area contributed by atoms with Gasteiger partial charge in [-0.1, -0.05) is 6.07 Å². The van der Waals surface area contributed by atoms with Crippen LogP contribution in [0.25, 0.3) is 0 Å². The van der Waals surface area contributed by atoms with Crippen molar-refractivity contribution in [3.63, 3.8) is 0 Å². The number of ether oxygens (including phenoxy) is 1. The number of aliphatic hydroxyl groups is 1. The minimum absolute atomic E-state index is 0.0195. The maximum Gasteiger partial charge on any atom is 0.401 e. The van der Waals surface area contributed by atoms with E-state index >= 15 is 0 Å². The zero-order valence-electron chi connectivity index (χ0n) is 13.1. The highest BCUT2D eigenvalue weighted by Crippen LogP contribution is 2.25. The lowest BCUT2D eigenvalue weighted by atomic mass is 10.2. The lowest BCUT2D eigenvalue weighted by molar-refractivity contribution is -0.148. The highest BCUT2D eigenvalue weighted by atomic mass is 19.4. The number of amides is 1. The molecule has 23 heavy (non-hydrogen) atoms. The molecule has 130 valence electrons. The Bertz CT molecular complexity index is 521. The molecule has 0 radical (unpaired) electrons. The smallest absolute Gasteiger partial charge is 0.401 e. The highest BCUT2D eigenvalue weighted by molar-refractivity contribution is 5.93. The van der Waals surface area contributed by atoms with Crippen LogP contribution in [0.15, 0.2) is 18.2 Å². The van der Waals surface area contributed by atoms with Crippen LogP contribution in [0.3, 0.4) is 0 Å². The van der Waals surface area contributed by atoms with E-state index in [0.29, 0.717) is 11.4 Å². The molecular formula is C15H21F3N2O3. The number of anilines is 1. The first kappa shape index (κ1) is 19.2. The number of nitrogens with zero attached hydrogens (tertiary/aromatic N) is 1. The summed E-state index contributed by atoms with van der Waals surface area (Å²) in [7, 11) is 1.44. The second-order valence-electron chi connectivity index (χ2n) is 5.15. The Morgan fingerprint density at radius 2 is 2.09 bits per heavy atom. The molecule has 0 heterocycles. The first-order valence-electron chi connectivity index (χ1n) is 7.09. The van der Waals surface area contributed by atoms with E-state index in [9.17, 15) is 18.0 Å². The fourth-order valence-electron chi connectivity index (χ4n) is 2.07. The predicted molar refractivity (Wildman–Crippen MR) is 80.6 cm³/mol. The topological polar surface area (TPSA) is 61.8 Å². The highest BCUT2D eigenvalue weighted by Gasteiger charge is 2.31. The zero-order chi connectivity index (χ0) is 17.5. The van der Waals surface area contributed by atoms with Crippen molar-refractivity contribution in [2.45, 2.75) is 19.5 Å². The van der Waals surface area contributed by atoms with E-state index in [4.69, 9.17) is 9.84 Å². The minimum Gasteiger partial charge on any atom is -0.495 e. The molecule has 0 fully saturated rings. The van der Waals surface area contributed by atoms with E-state index in [2.05, 4.69) is 5.32 Å². The molecule has 8 heteroatoms. The van der Waals surface area contributed by atoms with Crippen molar-refractivity contribution < 1.29 is 27.8 Å². The summed E-state index contributed by atoms with van der Waals surface area (Å²) in [5.74, 6) is -0.141. The van der Waals surface area contributed by atoms with Gasteiger partial charge in [0.15, 0.2) is 0 Å². The number of hydrogen-bond donors (Lipinski definition) is 2. The Morgan fingerprint density at radius 1 is 1.39 bits per heavy atom. The van der Waals surface area contributed by atoms with Crippen LogP contribution < -0.4 is 10.1 Å². The Kier molecular flexibility index (Phi) is 7.31. The van der Waals surface area contributed by atoms with Gasteiger partial charge in [0.05, 0.1) is 25.9 Å². The number of alkyl halides is 3. The lowest BCUT2D eigenvalue weighted by Gasteiger charge is -2.23. The fourth-order valence-corrected chi connectivity index (χ4v) is 2.07. The number of hydrogen-bond acceptors (Lipinski definition) is 4. The molecule has 0 saturated heterocycles. The van der Waals surface area contributed by atoms with Crippen LogP contribution in [0.1, 0.15) is 12.0 Å². The summed E-state index contributed by atoms with van der Waals surface area (Å²) in [6.45, 7) is -0.0512. The minimum atomic E-state index is -4.41. The summed E-state index contributed by atoms with van der Waals surface area (Å²) in [6.07, 6.45) is -4.24. The number of rotatable bonds is 8. The third-order valence-electron chi connectivity index (χ3n) is 3.03. The predicted octanol–water partition coefficient (Wildman–Crippen LogP) is 2.19. The second-order valence-corrected chi connectivity index (χ2v) is 5.15. The largest absolute Gasteiger partial charge is 0.495 e. The Balaban J connectivity index is 2.73. The molecule has 0 unspecified atom stereocenters. The molecule has 0 aliphatic rings. The summed E-state index contributed by atoms with van der Waals surface area (Å²) in [4.78, 5) is 13.0. The number of halogens is 3. The van der Waals surface area contributed by atoms with Gasteiger partial charge in [-0.25, -0.2) is 0 Å². The van der Waals surface area contributed by atoms with Crippen LogP contribution >= 0.6 is 0 Å². The Hall–Kier alpha value is -1.80. The fraction of sp³-hybridized carbons (Fsp3) is 0.533. The Morgan fingerprint density at radius 3 is 2.65 bits per heavy atom. The summed E-state index contributed by atoms with van der Waals surface area (Å²) in [5.41, 5.74) is 1.29. The van der Waals surface area contributed by atoms with E-state index in [-0.39, 0.29) is 19.6 Å². The van der Waals surface area contributed by atoms with Gasteiger partial charge in [-0.15, -0.1) is 0 Å². The number of nitrogens with one attached hydrogen (secondary N) is 1. The van der Waals surface area contributed by atoms with E-state index in [1.54, 1.807) is 18.2 Å². The van der Waals surface area contributed by atoms with Crippen LogP contribution in [0, 0.1) is 6.92 Å². The standard InChI is InChI=1S/C15H21F3N2O3/c1-11-4-5-13(23-2)12(8-11)19-14(22)9-20(6-3-7-21)10-15(16,17)18/h4-5,8,21H,3,6-7,9-10H2,1-2H3,(H,19,22). The van der Waals surface area contributed by atoms with E-state index in [1.165, 1.54) is 7.11 Å². The zero-order valence-corrected chi connectivity index (χ0v) is 13.1. The number of aliphatic hydroxyl groups excluding tert-OH is 1. The van der Waals surface area contributed by atoms with Crippen LogP contribution in [0.5, 0.6) is 5.75 Å². The molecular weight excluding hydrogens is 313 g/mol. The van der Waals surface area contributed by atoms with Gasteiger partial charge in [0, 0.05) is 13.2 Å². The number of benzene rings is 1. The van der Waals surface area contributed by atoms with Gasteiger partial charge in [-0.2, -0.15) is 13.2 Å². The molecule has 0 atom stereocenters. The van der Waals surface area contributed by atoms with E-state index in [1.807, 2.05) is 6.92 Å². The maximum absolute atomic E-state index is 12.5. The van der Waals surface area contributed by atoms with Crippen molar-refractivity contribution in [2.75, 3.05) is 38.7 Å². The molecule has 5 nitrogen and oxygen atoms in total. The summed E-state index contributed by atoms with van der Waals surface area (Å²) < 4.78 is 42.7. The second kappa shape index (κ2) is 8.73. The van der Waals surface area contributed by atoms with Crippen LogP contribution in [-0.2, 0) is 4.79 Å². The van der Waals surface area contributed by atoms with Crippen molar-refractivity contribution in [1.29, 1.82) is 0 Å². The van der Waals surface area contributed by atoms with Gasteiger partial charge in [0.25, 0.3) is 0 Å². The summed E-state index contributed by atoms with van der Waals surface area (Å²) in [5, 5.41) is 11.3. The molecule has 1 amide bonds. The molecule has 0 saturated carbocycles. The van der Waals surface area contributed by atoms with Crippen molar-refractivity contribution in [3.8, 4) is 5.75 Å². The van der Waals surface area contributed by atoms with Crippen molar-refractivity contribution in [1.82, 2.24) is 4.90 Å². The third-order valence-corrected chi connectivity index (χ3v) is 3.03. The molecule has 1 rings (SSSR count). The molecule has 1 aromatic rings. The summed E-state index contributed by atoms with van der Waals surface area (Å²) >= 11 is 0. The number of carbonyl (C=O) groups is 1. The third kappa shape index (κ3) is 7.34. The average Bonchev–Trinajstić information content (AvgIpc) is 2.43. The molecule has 1 aromatic carbocycles. The normalized spacial score (nSPS) is 11.6. The van der Waals surface area contributed by atoms with E-state index < -0.39 is 25.2 Å². The quantitative estimate of drug-likeness (QED) is 0.765. The number of carbonyl (C=O) groups excluding carboxylic acids is 1. The maximum atomic E-state index is 12.5. The average molecular weight is 334 g/mol. The molecule has 2 N–H and O–H groups in total. The monoisotopic (exact) mass is 334 g/mol. The van der Waals surface area contributed by atoms with Gasteiger partial charge in [-0.05, 0) is 31.0 Å². The van der Waals surface area contributed by atoms with E-state index in [0.717, 1.165) is 10.5 Å². The summed E-state index contributed by atoms with van der Waals surface area (Å²) in [6, 6.07) is 5.15. The Labute approximate surface area is 133 Å². The van der Waals surface area contributed by atoms with Gasteiger partial charge in [0.1, 0.15) is 5.75 Å². The van der Waals surface area contributed by atoms with Gasteiger partial charge < -0.3 is 15.2 Å². The first-order valence-corrected chi connectivity index (χ1v) is 7.09. The van der Waals surface area contributed by atoms with Crippen LogP contribution in [0.4, 0.5) is 18.9 Å². The lowest BCUT2D eigenvalue weighted by Crippen LogP contribution is -2.40. The molecule has 0 spiro atoms. The van der Waals surface area contributed by atoms with Crippen molar-refractivity contribution >= 4 is 11.6 Å². The molecule has 0 aromatic heterocycles. The van der Waals surface area contributed by atoms with Gasteiger partial charge in [-0.3, -0.25) is 9.69 Å². The van der Waals surface area contributed by atoms with Gasteiger partial charge >= 0.3 is 6.18 Å². The number of aryl methyl sites for hydroxylation is 1. The van der Waals surface area contributed by atoms with Gasteiger partial charge in [0.2, 0.25) is 5.91 Å². The van der Waals surface area contributed by atoms with Crippen molar-refractivity contribution in [2.24, 2.45) is 0 Å². The number of methoxy groups -OCH3 is 1. The SMILES string of the molecule is COc1ccc(C)cc1NC(=O)CN(CCCO)CC(F)(F)F. The molecule has 0 aliphatic carbocycles. The van der Waals surface area contributed by atoms with Crippen LogP contribution in [-0.4, -0.2) is 55.4 Å². The molecule has 0 bridgehead atoms. The van der Waals surface area contributed by atoms with Crippen molar-refractivity contribution in [3.05, 3.63) is 23.8 Å². The van der Waals surface area contributed by atoms with Crippen LogP contribution in [0.2, 0.25) is 0 Å².